The molecule has 0 saturated carbocycles. The summed E-state index contributed by atoms with van der Waals surface area (Å²) in [5, 5.41) is 17.5. The number of nitrogens with zero attached hydrogens (tertiary/aromatic N) is 3. The number of hydrogen-bond donors (Lipinski definition) is 2. The fraction of sp³-hybridized carbons (Fsp3) is 0.714. The van der Waals surface area contributed by atoms with Crippen molar-refractivity contribution in [3.05, 3.63) is 16.4 Å². The molecular formula is C14H25N5O2. The molecule has 1 rings (SSSR count). The van der Waals surface area contributed by atoms with Crippen LogP contribution in [-0.4, -0.2) is 27.5 Å². The molecule has 7 nitrogen and oxygen atoms in total. The molecule has 0 radical (unpaired) electrons. The highest BCUT2D eigenvalue weighted by molar-refractivity contribution is 5.69. The zero-order chi connectivity index (χ0) is 15.8. The molecule has 0 saturated heterocycles. The summed E-state index contributed by atoms with van der Waals surface area (Å²) in [6.45, 7) is 8.90. The van der Waals surface area contributed by atoms with E-state index in [1.165, 1.54) is 6.33 Å². The molecule has 1 unspecified atom stereocenters. The number of nitro groups is 1. The molecule has 7 heteroatoms. The Bertz CT molecular complexity index is 463. The van der Waals surface area contributed by atoms with E-state index in [0.29, 0.717) is 12.5 Å². The molecule has 0 spiro atoms. The van der Waals surface area contributed by atoms with E-state index in [1.54, 1.807) is 0 Å². The van der Waals surface area contributed by atoms with E-state index in [4.69, 9.17) is 0 Å². The van der Waals surface area contributed by atoms with Crippen LogP contribution in [0, 0.1) is 16.0 Å². The fourth-order valence-electron chi connectivity index (χ4n) is 2.36. The molecule has 1 aromatic heterocycles. The van der Waals surface area contributed by atoms with Crippen molar-refractivity contribution >= 4 is 17.3 Å². The fourth-order valence-corrected chi connectivity index (χ4v) is 2.36. The first-order chi connectivity index (χ1) is 10.0. The first kappa shape index (κ1) is 17.1. The third-order valence-corrected chi connectivity index (χ3v) is 3.67. The highest BCUT2D eigenvalue weighted by atomic mass is 16.6. The quantitative estimate of drug-likeness (QED) is 0.535. The second-order valence-electron chi connectivity index (χ2n) is 5.11. The molecule has 1 aromatic rings. The van der Waals surface area contributed by atoms with E-state index in [1.807, 2.05) is 13.8 Å². The third-order valence-electron chi connectivity index (χ3n) is 3.67. The highest BCUT2D eigenvalue weighted by Gasteiger charge is 2.25. The van der Waals surface area contributed by atoms with Gasteiger partial charge in [-0.15, -0.1) is 0 Å². The maximum atomic E-state index is 11.3. The van der Waals surface area contributed by atoms with Gasteiger partial charge in [-0.1, -0.05) is 33.6 Å². The Hall–Kier alpha value is -1.92. The Labute approximate surface area is 125 Å². The summed E-state index contributed by atoms with van der Waals surface area (Å²) in [4.78, 5) is 19.0. The summed E-state index contributed by atoms with van der Waals surface area (Å²) < 4.78 is 0. The first-order valence-corrected chi connectivity index (χ1v) is 7.54. The summed E-state index contributed by atoms with van der Waals surface area (Å²) in [6, 6.07) is 0.118. The minimum absolute atomic E-state index is 0.0799. The Kier molecular flexibility index (Phi) is 6.84. The molecule has 2 N–H and O–H groups in total. The van der Waals surface area contributed by atoms with Gasteiger partial charge in [-0.25, -0.2) is 9.97 Å². The summed E-state index contributed by atoms with van der Waals surface area (Å²) in [7, 11) is 0. The Morgan fingerprint density at radius 1 is 1.24 bits per heavy atom. The van der Waals surface area contributed by atoms with Gasteiger partial charge in [-0.2, -0.15) is 0 Å². The lowest BCUT2D eigenvalue weighted by molar-refractivity contribution is -0.383. The number of rotatable bonds is 9. The monoisotopic (exact) mass is 295 g/mol. The molecule has 0 aromatic carbocycles. The predicted octanol–water partition coefficient (Wildman–Crippen LogP) is 3.44. The van der Waals surface area contributed by atoms with Crippen LogP contribution in [0.1, 0.15) is 47.0 Å². The molecule has 0 amide bonds. The molecule has 0 fully saturated rings. The molecule has 0 aliphatic carbocycles. The smallest absolute Gasteiger partial charge is 0.353 e. The lowest BCUT2D eigenvalue weighted by atomic mass is 9.95. The van der Waals surface area contributed by atoms with Crippen LogP contribution in [0.3, 0.4) is 0 Å². The zero-order valence-corrected chi connectivity index (χ0v) is 13.2. The van der Waals surface area contributed by atoms with E-state index in [-0.39, 0.29) is 23.4 Å². The Balaban J connectivity index is 3.03. The molecule has 0 bridgehead atoms. The number of nitrogens with one attached hydrogen (secondary N) is 2. The molecule has 0 aliphatic rings. The topological polar surface area (TPSA) is 93.0 Å². The van der Waals surface area contributed by atoms with Crippen LogP contribution >= 0.6 is 0 Å². The first-order valence-electron chi connectivity index (χ1n) is 7.54. The van der Waals surface area contributed by atoms with Crippen molar-refractivity contribution in [1.29, 1.82) is 0 Å². The summed E-state index contributed by atoms with van der Waals surface area (Å²) >= 11 is 0. The normalized spacial score (nSPS) is 12.2. The Morgan fingerprint density at radius 3 is 2.38 bits per heavy atom. The van der Waals surface area contributed by atoms with Gasteiger partial charge in [-0.3, -0.25) is 10.1 Å². The molecule has 21 heavy (non-hydrogen) atoms. The highest BCUT2D eigenvalue weighted by Crippen LogP contribution is 2.30. The molecular weight excluding hydrogens is 270 g/mol. The van der Waals surface area contributed by atoms with Gasteiger partial charge >= 0.3 is 5.69 Å². The summed E-state index contributed by atoms with van der Waals surface area (Å²) in [5.74, 6) is 1.01. The van der Waals surface area contributed by atoms with Crippen LogP contribution < -0.4 is 10.6 Å². The molecule has 0 aliphatic heterocycles. The van der Waals surface area contributed by atoms with Crippen molar-refractivity contribution in [2.45, 2.75) is 53.0 Å². The van der Waals surface area contributed by atoms with Gasteiger partial charge < -0.3 is 10.6 Å². The van der Waals surface area contributed by atoms with Gasteiger partial charge in [0.25, 0.3) is 0 Å². The average Bonchev–Trinajstić information content (AvgIpc) is 2.46. The second kappa shape index (κ2) is 8.39. The summed E-state index contributed by atoms with van der Waals surface area (Å²) in [5.41, 5.74) is -0.0799. The molecule has 1 heterocycles. The minimum atomic E-state index is -0.431. The van der Waals surface area contributed by atoms with Crippen molar-refractivity contribution in [3.8, 4) is 0 Å². The van der Waals surface area contributed by atoms with Gasteiger partial charge in [0.15, 0.2) is 0 Å². The van der Waals surface area contributed by atoms with Crippen molar-refractivity contribution in [2.75, 3.05) is 17.2 Å². The lowest BCUT2D eigenvalue weighted by Crippen LogP contribution is -2.26. The number of anilines is 2. The second-order valence-corrected chi connectivity index (χ2v) is 5.11. The van der Waals surface area contributed by atoms with E-state index in [0.717, 1.165) is 19.3 Å². The van der Waals surface area contributed by atoms with Gasteiger partial charge in [-0.05, 0) is 19.3 Å². The van der Waals surface area contributed by atoms with Crippen LogP contribution in [0.5, 0.6) is 0 Å². The van der Waals surface area contributed by atoms with E-state index in [9.17, 15) is 10.1 Å². The third kappa shape index (κ3) is 4.54. The van der Waals surface area contributed by atoms with Crippen LogP contribution in [0.4, 0.5) is 17.3 Å². The van der Waals surface area contributed by atoms with Crippen molar-refractivity contribution in [2.24, 2.45) is 5.92 Å². The van der Waals surface area contributed by atoms with Crippen LogP contribution in [-0.2, 0) is 0 Å². The minimum Gasteiger partial charge on any atom is -0.364 e. The molecule has 1 atom stereocenters. The van der Waals surface area contributed by atoms with Crippen LogP contribution in [0.2, 0.25) is 0 Å². The van der Waals surface area contributed by atoms with Gasteiger partial charge in [0.05, 0.1) is 4.92 Å². The van der Waals surface area contributed by atoms with E-state index >= 15 is 0 Å². The van der Waals surface area contributed by atoms with Crippen molar-refractivity contribution < 1.29 is 4.92 Å². The van der Waals surface area contributed by atoms with E-state index < -0.39 is 4.92 Å². The van der Waals surface area contributed by atoms with Crippen LogP contribution in [0.25, 0.3) is 0 Å². The van der Waals surface area contributed by atoms with Crippen LogP contribution in [0.15, 0.2) is 6.33 Å². The van der Waals surface area contributed by atoms with E-state index in [2.05, 4.69) is 34.4 Å². The van der Waals surface area contributed by atoms with Crippen molar-refractivity contribution in [1.82, 2.24) is 9.97 Å². The summed E-state index contributed by atoms with van der Waals surface area (Å²) in [6.07, 6.45) is 4.26. The largest absolute Gasteiger partial charge is 0.364 e. The van der Waals surface area contributed by atoms with Crippen molar-refractivity contribution in [3.63, 3.8) is 0 Å². The lowest BCUT2D eigenvalue weighted by Gasteiger charge is -2.23. The number of aromatic nitrogens is 2. The van der Waals surface area contributed by atoms with Gasteiger partial charge in [0.1, 0.15) is 6.33 Å². The number of hydrogen-bond acceptors (Lipinski definition) is 6. The predicted molar refractivity (Wildman–Crippen MR) is 84.6 cm³/mol. The van der Waals surface area contributed by atoms with Gasteiger partial charge in [0.2, 0.25) is 11.6 Å². The standard InChI is InChI=1S/C14H25N5O2/c1-5-8-15-13-12(19(20)21)14(17-9-16-13)18-10(4)11(6-2)7-3/h9-11H,5-8H2,1-4H3,(H2,15,16,17,18). The van der Waals surface area contributed by atoms with Gasteiger partial charge in [0, 0.05) is 12.6 Å². The zero-order valence-electron chi connectivity index (χ0n) is 13.2. The Morgan fingerprint density at radius 2 is 1.86 bits per heavy atom. The maximum Gasteiger partial charge on any atom is 0.353 e. The SMILES string of the molecule is CCCNc1ncnc(NC(C)C(CC)CC)c1[N+](=O)[O-]. The maximum absolute atomic E-state index is 11.3. The average molecular weight is 295 g/mol. The molecule has 118 valence electrons.